The Morgan fingerprint density at radius 2 is 1.76 bits per heavy atom. The molecule has 0 aliphatic rings. The molecule has 1 N–H and O–H groups in total. The summed E-state index contributed by atoms with van der Waals surface area (Å²) >= 11 is 0. The Labute approximate surface area is 170 Å². The molecule has 0 fully saturated rings. The molecule has 2 rings (SSSR count). The molecule has 0 radical (unpaired) electrons. The molecule has 0 aliphatic carbocycles. The van der Waals surface area contributed by atoms with Crippen molar-refractivity contribution in [2.24, 2.45) is 0 Å². The van der Waals surface area contributed by atoms with Crippen LogP contribution in [0.15, 0.2) is 54.1 Å². The molecular weight excluding hydrogens is 368 g/mol. The van der Waals surface area contributed by atoms with Crippen LogP contribution in [0.1, 0.15) is 31.9 Å². The van der Waals surface area contributed by atoms with E-state index in [2.05, 4.69) is 5.32 Å². The van der Waals surface area contributed by atoms with Gasteiger partial charge in [0, 0.05) is 5.69 Å². The minimum absolute atomic E-state index is 0.193. The summed E-state index contributed by atoms with van der Waals surface area (Å²) in [5, 5.41) is 12.0. The number of nitrogens with zero attached hydrogens (tertiary/aromatic N) is 1. The van der Waals surface area contributed by atoms with Crippen LogP contribution in [-0.4, -0.2) is 24.6 Å². The van der Waals surface area contributed by atoms with Crippen LogP contribution in [0.3, 0.4) is 0 Å². The second kappa shape index (κ2) is 10.7. The molecular formula is C23H24N2O4. The summed E-state index contributed by atoms with van der Waals surface area (Å²) in [6.07, 6.45) is 1.26. The number of hydrogen-bond acceptors (Lipinski definition) is 5. The van der Waals surface area contributed by atoms with Crippen molar-refractivity contribution < 1.29 is 19.1 Å². The minimum atomic E-state index is -1.05. The molecule has 6 nitrogen and oxygen atoms in total. The smallest absolute Gasteiger partial charge is 0.349 e. The molecule has 150 valence electrons. The molecule has 0 heterocycles. The lowest BCUT2D eigenvalue weighted by atomic mass is 10.1. The maximum absolute atomic E-state index is 12.3. The van der Waals surface area contributed by atoms with Crippen molar-refractivity contribution in [3.8, 4) is 11.8 Å². The van der Waals surface area contributed by atoms with Crippen LogP contribution in [-0.2, 0) is 20.7 Å². The Morgan fingerprint density at radius 3 is 2.31 bits per heavy atom. The number of hydrogen-bond donors (Lipinski definition) is 1. The second-order valence-corrected chi connectivity index (χ2v) is 6.26. The van der Waals surface area contributed by atoms with Gasteiger partial charge >= 0.3 is 5.97 Å². The first-order valence-electron chi connectivity index (χ1n) is 9.42. The highest BCUT2D eigenvalue weighted by Crippen LogP contribution is 2.16. The highest BCUT2D eigenvalue weighted by Gasteiger charge is 2.20. The van der Waals surface area contributed by atoms with Gasteiger partial charge in [-0.15, -0.1) is 0 Å². The molecule has 0 unspecified atom stereocenters. The van der Waals surface area contributed by atoms with E-state index < -0.39 is 18.0 Å². The number of amides is 1. The Morgan fingerprint density at radius 1 is 1.10 bits per heavy atom. The van der Waals surface area contributed by atoms with E-state index in [4.69, 9.17) is 9.47 Å². The molecule has 6 heteroatoms. The van der Waals surface area contributed by atoms with E-state index in [1.807, 2.05) is 32.0 Å². The Bertz CT molecular complexity index is 909. The molecule has 0 spiro atoms. The number of carbonyl (C=O) groups is 2. The highest BCUT2D eigenvalue weighted by atomic mass is 16.5. The Hall–Kier alpha value is -3.59. The molecule has 0 aliphatic heterocycles. The average Bonchev–Trinajstić information content (AvgIpc) is 2.73. The fourth-order valence-corrected chi connectivity index (χ4v) is 2.48. The third-order valence-electron chi connectivity index (χ3n) is 4.13. The maximum Gasteiger partial charge on any atom is 0.349 e. The lowest BCUT2D eigenvalue weighted by Gasteiger charge is -2.13. The lowest BCUT2D eigenvalue weighted by molar-refractivity contribution is -0.148. The van der Waals surface area contributed by atoms with Crippen molar-refractivity contribution >= 4 is 23.6 Å². The molecule has 29 heavy (non-hydrogen) atoms. The van der Waals surface area contributed by atoms with Gasteiger partial charge in [-0.25, -0.2) is 4.79 Å². The summed E-state index contributed by atoms with van der Waals surface area (Å²) in [5.41, 5.74) is 2.22. The van der Waals surface area contributed by atoms with Gasteiger partial charge in [-0.2, -0.15) is 5.26 Å². The van der Waals surface area contributed by atoms with Gasteiger partial charge < -0.3 is 14.8 Å². The van der Waals surface area contributed by atoms with Gasteiger partial charge in [0.15, 0.2) is 6.10 Å². The van der Waals surface area contributed by atoms with Gasteiger partial charge in [0.05, 0.1) is 6.61 Å². The highest BCUT2D eigenvalue weighted by molar-refractivity contribution is 6.01. The fraction of sp³-hybridized carbons (Fsp3) is 0.261. The third-order valence-corrected chi connectivity index (χ3v) is 4.13. The van der Waals surface area contributed by atoms with Crippen LogP contribution in [0.2, 0.25) is 0 Å². The molecule has 1 amide bonds. The standard InChI is InChI=1S/C23H24N2O4/c1-4-17-6-10-20(11-7-17)25-22(26)16(3)29-23(27)19(15-24)14-18-8-12-21(13-9-18)28-5-2/h6-14,16H,4-5H2,1-3H3,(H,25,26)/b19-14+/t16-/m1/s1. The minimum Gasteiger partial charge on any atom is -0.494 e. The monoisotopic (exact) mass is 392 g/mol. The fourth-order valence-electron chi connectivity index (χ4n) is 2.48. The van der Waals surface area contributed by atoms with Gasteiger partial charge in [0.2, 0.25) is 0 Å². The molecule has 0 aromatic heterocycles. The van der Waals surface area contributed by atoms with E-state index in [0.717, 1.165) is 12.0 Å². The second-order valence-electron chi connectivity index (χ2n) is 6.26. The number of aryl methyl sites for hydroxylation is 1. The number of nitriles is 1. The summed E-state index contributed by atoms with van der Waals surface area (Å²) in [6, 6.07) is 16.2. The van der Waals surface area contributed by atoms with Gasteiger partial charge in [-0.1, -0.05) is 31.2 Å². The molecule has 0 saturated carbocycles. The van der Waals surface area contributed by atoms with Crippen molar-refractivity contribution in [2.75, 3.05) is 11.9 Å². The summed E-state index contributed by atoms with van der Waals surface area (Å²) in [6.45, 7) is 5.94. The first-order chi connectivity index (χ1) is 14.0. The van der Waals surface area contributed by atoms with Crippen molar-refractivity contribution in [2.45, 2.75) is 33.3 Å². The number of carbonyl (C=O) groups excluding carboxylic acids is 2. The summed E-state index contributed by atoms with van der Waals surface area (Å²) in [7, 11) is 0. The summed E-state index contributed by atoms with van der Waals surface area (Å²) in [4.78, 5) is 24.5. The molecule has 2 aromatic carbocycles. The van der Waals surface area contributed by atoms with E-state index in [1.54, 1.807) is 36.4 Å². The van der Waals surface area contributed by atoms with Gasteiger partial charge in [0.25, 0.3) is 5.91 Å². The normalized spacial score (nSPS) is 11.9. The van der Waals surface area contributed by atoms with E-state index >= 15 is 0 Å². The number of rotatable bonds is 8. The number of ether oxygens (including phenoxy) is 2. The van der Waals surface area contributed by atoms with Gasteiger partial charge in [0.1, 0.15) is 17.4 Å². The topological polar surface area (TPSA) is 88.4 Å². The predicted molar refractivity (Wildman–Crippen MR) is 111 cm³/mol. The van der Waals surface area contributed by atoms with E-state index in [1.165, 1.54) is 13.0 Å². The molecule has 1 atom stereocenters. The first-order valence-corrected chi connectivity index (χ1v) is 9.42. The molecule has 0 saturated heterocycles. The van der Waals surface area contributed by atoms with Crippen molar-refractivity contribution in [3.63, 3.8) is 0 Å². The van der Waals surface area contributed by atoms with Crippen molar-refractivity contribution in [3.05, 3.63) is 65.2 Å². The van der Waals surface area contributed by atoms with E-state index in [9.17, 15) is 14.9 Å². The Kier molecular flexibility index (Phi) is 7.99. The summed E-state index contributed by atoms with van der Waals surface area (Å²) in [5.74, 6) is -0.630. The SMILES string of the molecule is CCOc1ccc(/C=C(\C#N)C(=O)O[C@H](C)C(=O)Nc2ccc(CC)cc2)cc1. The van der Waals surface area contributed by atoms with Crippen molar-refractivity contribution in [1.82, 2.24) is 0 Å². The maximum atomic E-state index is 12.3. The van der Waals surface area contributed by atoms with Crippen LogP contribution in [0.5, 0.6) is 5.75 Å². The van der Waals surface area contributed by atoms with Gasteiger partial charge in [-0.05, 0) is 61.7 Å². The number of anilines is 1. The Balaban J connectivity index is 1.99. The van der Waals surface area contributed by atoms with Crippen LogP contribution in [0.25, 0.3) is 6.08 Å². The van der Waals surface area contributed by atoms with Crippen molar-refractivity contribution in [1.29, 1.82) is 5.26 Å². The molecule has 2 aromatic rings. The third kappa shape index (κ3) is 6.51. The average molecular weight is 392 g/mol. The van der Waals surface area contributed by atoms with E-state index in [-0.39, 0.29) is 5.57 Å². The largest absolute Gasteiger partial charge is 0.494 e. The van der Waals surface area contributed by atoms with Crippen LogP contribution in [0.4, 0.5) is 5.69 Å². The zero-order chi connectivity index (χ0) is 21.2. The zero-order valence-corrected chi connectivity index (χ0v) is 16.8. The van der Waals surface area contributed by atoms with E-state index in [0.29, 0.717) is 23.6 Å². The quantitative estimate of drug-likeness (QED) is 0.415. The predicted octanol–water partition coefficient (Wildman–Crippen LogP) is 4.13. The van der Waals surface area contributed by atoms with Gasteiger partial charge in [-0.3, -0.25) is 4.79 Å². The number of nitrogens with one attached hydrogen (secondary N) is 1. The molecule has 0 bridgehead atoms. The van der Waals surface area contributed by atoms with Crippen LogP contribution >= 0.6 is 0 Å². The first kappa shape index (κ1) is 21.7. The number of esters is 1. The lowest BCUT2D eigenvalue weighted by Crippen LogP contribution is -2.30. The van der Waals surface area contributed by atoms with Crippen LogP contribution in [0, 0.1) is 11.3 Å². The summed E-state index contributed by atoms with van der Waals surface area (Å²) < 4.78 is 10.5. The van der Waals surface area contributed by atoms with Crippen LogP contribution < -0.4 is 10.1 Å². The zero-order valence-electron chi connectivity index (χ0n) is 16.8. The number of benzene rings is 2.